The van der Waals surface area contributed by atoms with E-state index in [0.717, 1.165) is 24.3 Å². The largest absolute Gasteiger partial charge is 0.446 e. The molecule has 2 aromatic carbocycles. The van der Waals surface area contributed by atoms with Crippen molar-refractivity contribution in [3.63, 3.8) is 0 Å². The molecular weight excluding hydrogens is 383 g/mol. The molecule has 2 N–H and O–H groups in total. The van der Waals surface area contributed by atoms with Gasteiger partial charge in [0.2, 0.25) is 0 Å². The quantitative estimate of drug-likeness (QED) is 0.645. The van der Waals surface area contributed by atoms with Crippen LogP contribution in [0.4, 0.5) is 18.0 Å². The molecule has 1 aliphatic carbocycles. The van der Waals surface area contributed by atoms with Gasteiger partial charge in [-0.1, -0.05) is 30.3 Å². The number of nitrogens with zero attached hydrogens (tertiary/aromatic N) is 2. The average molecular weight is 403 g/mol. The van der Waals surface area contributed by atoms with E-state index in [9.17, 15) is 18.0 Å². The maximum atomic E-state index is 13.3. The number of alkyl halides is 3. The molecule has 0 saturated heterocycles. The molecule has 0 atom stereocenters. The number of halogens is 3. The Bertz CT molecular complexity index is 1040. The molecule has 5 nitrogen and oxygen atoms in total. The van der Waals surface area contributed by atoms with E-state index >= 15 is 0 Å². The third-order valence-corrected chi connectivity index (χ3v) is 5.37. The monoisotopic (exact) mass is 403 g/mol. The van der Waals surface area contributed by atoms with E-state index < -0.39 is 17.8 Å². The van der Waals surface area contributed by atoms with Gasteiger partial charge in [-0.3, -0.25) is 4.68 Å². The van der Waals surface area contributed by atoms with Gasteiger partial charge in [0.05, 0.1) is 17.1 Å². The van der Waals surface area contributed by atoms with Gasteiger partial charge in [0.15, 0.2) is 0 Å². The lowest BCUT2D eigenvalue weighted by Crippen LogP contribution is -2.28. The lowest BCUT2D eigenvalue weighted by Gasteiger charge is -2.27. The maximum absolute atomic E-state index is 13.3. The summed E-state index contributed by atoms with van der Waals surface area (Å²) in [4.78, 5) is 10.9. The topological polar surface area (TPSA) is 70.1 Å². The Hall–Kier alpha value is -3.03. The molecule has 1 heterocycles. The van der Waals surface area contributed by atoms with Crippen molar-refractivity contribution in [2.45, 2.75) is 44.0 Å². The zero-order valence-corrected chi connectivity index (χ0v) is 15.5. The molecule has 0 spiro atoms. The molecule has 1 aromatic heterocycles. The minimum Gasteiger partial charge on any atom is -0.446 e. The molecule has 4 rings (SSSR count). The molecule has 152 valence electrons. The number of fused-ring (bicyclic) bond motifs is 1. The molecule has 0 aliphatic heterocycles. The number of ether oxygens (including phenoxy) is 1. The molecular formula is C21H20F3N3O2. The van der Waals surface area contributed by atoms with E-state index in [2.05, 4.69) is 5.10 Å². The zero-order valence-electron chi connectivity index (χ0n) is 15.5. The second-order valence-corrected chi connectivity index (χ2v) is 7.29. The average Bonchev–Trinajstić information content (AvgIpc) is 3.10. The third kappa shape index (κ3) is 4.06. The lowest BCUT2D eigenvalue weighted by atomic mass is 9.93. The van der Waals surface area contributed by atoms with E-state index in [1.165, 1.54) is 12.1 Å². The van der Waals surface area contributed by atoms with Crippen LogP contribution in [-0.4, -0.2) is 22.0 Å². The first-order chi connectivity index (χ1) is 13.8. The smallest absolute Gasteiger partial charge is 0.417 e. The van der Waals surface area contributed by atoms with Crippen molar-refractivity contribution in [3.05, 3.63) is 54.2 Å². The van der Waals surface area contributed by atoms with E-state index in [-0.39, 0.29) is 17.7 Å². The number of amides is 1. The standard InChI is InChI=1S/C21H20F3N3O2/c22-21(23,24)18-4-2-1-3-17(18)13-5-6-14-12-27(26-19(14)11-13)15-7-9-16(10-8-15)29-20(25)28/h1-6,11-12,15-16H,7-10H2,(H2,25,28). The Morgan fingerprint density at radius 1 is 1.10 bits per heavy atom. The SMILES string of the molecule is NC(=O)OC1CCC(n2cc3ccc(-c4ccccc4C(F)(F)F)cc3n2)CC1. The van der Waals surface area contributed by atoms with Gasteiger partial charge in [0.1, 0.15) is 6.10 Å². The highest BCUT2D eigenvalue weighted by Gasteiger charge is 2.33. The summed E-state index contributed by atoms with van der Waals surface area (Å²) in [6.45, 7) is 0. The number of carbonyl (C=O) groups excluding carboxylic acids is 1. The third-order valence-electron chi connectivity index (χ3n) is 5.37. The van der Waals surface area contributed by atoms with Crippen LogP contribution >= 0.6 is 0 Å². The number of benzene rings is 2. The van der Waals surface area contributed by atoms with Crippen molar-refractivity contribution in [1.82, 2.24) is 9.78 Å². The van der Waals surface area contributed by atoms with Gasteiger partial charge < -0.3 is 10.5 Å². The lowest BCUT2D eigenvalue weighted by molar-refractivity contribution is -0.137. The van der Waals surface area contributed by atoms with Crippen molar-refractivity contribution in [2.24, 2.45) is 5.73 Å². The molecule has 3 aromatic rings. The number of aromatic nitrogens is 2. The Labute approximate surface area is 165 Å². The summed E-state index contributed by atoms with van der Waals surface area (Å²) in [6.07, 6.45) is -0.456. The summed E-state index contributed by atoms with van der Waals surface area (Å²) in [5, 5.41) is 5.47. The zero-order chi connectivity index (χ0) is 20.6. The second kappa shape index (κ2) is 7.42. The van der Waals surface area contributed by atoms with Gasteiger partial charge in [0, 0.05) is 11.6 Å². The Morgan fingerprint density at radius 2 is 1.83 bits per heavy atom. The molecule has 8 heteroatoms. The minimum atomic E-state index is -4.42. The van der Waals surface area contributed by atoms with Crippen LogP contribution in [-0.2, 0) is 10.9 Å². The van der Waals surface area contributed by atoms with Gasteiger partial charge >= 0.3 is 12.3 Å². The fourth-order valence-electron chi connectivity index (χ4n) is 3.96. The van der Waals surface area contributed by atoms with Crippen LogP contribution in [0.1, 0.15) is 37.3 Å². The van der Waals surface area contributed by atoms with Gasteiger partial charge in [0.25, 0.3) is 0 Å². The van der Waals surface area contributed by atoms with E-state index in [1.54, 1.807) is 24.3 Å². The van der Waals surface area contributed by atoms with Crippen molar-refractivity contribution >= 4 is 17.0 Å². The second-order valence-electron chi connectivity index (χ2n) is 7.29. The summed E-state index contributed by atoms with van der Waals surface area (Å²) in [7, 11) is 0. The highest BCUT2D eigenvalue weighted by molar-refractivity contribution is 5.84. The van der Waals surface area contributed by atoms with E-state index in [0.29, 0.717) is 23.9 Å². The summed E-state index contributed by atoms with van der Waals surface area (Å²) >= 11 is 0. The van der Waals surface area contributed by atoms with Crippen molar-refractivity contribution in [2.75, 3.05) is 0 Å². The highest BCUT2D eigenvalue weighted by Crippen LogP contribution is 2.38. The van der Waals surface area contributed by atoms with E-state index in [4.69, 9.17) is 10.5 Å². The van der Waals surface area contributed by atoms with Crippen LogP contribution in [0.25, 0.3) is 22.0 Å². The summed E-state index contributed by atoms with van der Waals surface area (Å²) in [5.41, 5.74) is 5.68. The van der Waals surface area contributed by atoms with Crippen LogP contribution in [0.15, 0.2) is 48.7 Å². The van der Waals surface area contributed by atoms with Gasteiger partial charge in [-0.25, -0.2) is 4.79 Å². The Balaban J connectivity index is 1.59. The highest BCUT2D eigenvalue weighted by atomic mass is 19.4. The van der Waals surface area contributed by atoms with Crippen LogP contribution < -0.4 is 5.73 Å². The summed E-state index contributed by atoms with van der Waals surface area (Å²) in [5.74, 6) is 0. The first kappa shape index (κ1) is 19.3. The van der Waals surface area contributed by atoms with E-state index in [1.807, 2.05) is 10.9 Å². The molecule has 1 amide bonds. The Morgan fingerprint density at radius 3 is 2.52 bits per heavy atom. The summed E-state index contributed by atoms with van der Waals surface area (Å²) < 4.78 is 47.0. The van der Waals surface area contributed by atoms with Crippen molar-refractivity contribution in [3.8, 4) is 11.1 Å². The molecule has 29 heavy (non-hydrogen) atoms. The first-order valence-electron chi connectivity index (χ1n) is 9.43. The number of rotatable bonds is 3. The molecule has 0 radical (unpaired) electrons. The molecule has 1 fully saturated rings. The molecule has 0 unspecified atom stereocenters. The van der Waals surface area contributed by atoms with Crippen molar-refractivity contribution < 1.29 is 22.7 Å². The molecule has 1 saturated carbocycles. The number of hydrogen-bond donors (Lipinski definition) is 1. The first-order valence-corrected chi connectivity index (χ1v) is 9.43. The number of hydrogen-bond acceptors (Lipinski definition) is 3. The number of nitrogens with two attached hydrogens (primary N) is 1. The predicted molar refractivity (Wildman–Crippen MR) is 102 cm³/mol. The number of primary amides is 1. The number of carbonyl (C=O) groups is 1. The van der Waals surface area contributed by atoms with Crippen LogP contribution in [0.5, 0.6) is 0 Å². The molecule has 0 bridgehead atoms. The normalized spacial score (nSPS) is 20.0. The maximum Gasteiger partial charge on any atom is 0.417 e. The fraction of sp³-hybridized carbons (Fsp3) is 0.333. The predicted octanol–water partition coefficient (Wildman–Crippen LogP) is 5.30. The van der Waals surface area contributed by atoms with Gasteiger partial charge in [-0.15, -0.1) is 0 Å². The van der Waals surface area contributed by atoms with Crippen LogP contribution in [0.3, 0.4) is 0 Å². The Kier molecular flexibility index (Phi) is 4.94. The van der Waals surface area contributed by atoms with Gasteiger partial charge in [-0.05, 0) is 48.9 Å². The van der Waals surface area contributed by atoms with Crippen LogP contribution in [0, 0.1) is 0 Å². The van der Waals surface area contributed by atoms with Crippen LogP contribution in [0.2, 0.25) is 0 Å². The molecule has 1 aliphatic rings. The fourth-order valence-corrected chi connectivity index (χ4v) is 3.96. The minimum absolute atomic E-state index is 0.139. The van der Waals surface area contributed by atoms with Crippen molar-refractivity contribution in [1.29, 1.82) is 0 Å². The summed E-state index contributed by atoms with van der Waals surface area (Å²) in [6, 6.07) is 10.9. The van der Waals surface area contributed by atoms with Gasteiger partial charge in [-0.2, -0.15) is 18.3 Å².